The quantitative estimate of drug-likeness (QED) is 0.345. The number of carbonyl (C=O) groups excluding carboxylic acids is 1. The third-order valence-electron chi connectivity index (χ3n) is 3.91. The number of rotatable bonds is 4. The van der Waals surface area contributed by atoms with Crippen LogP contribution in [0.15, 0.2) is 60.7 Å². The monoisotopic (exact) mass is 433 g/mol. The highest BCUT2D eigenvalue weighted by atomic mass is 19.4. The Morgan fingerprint density at radius 2 is 1.45 bits per heavy atom. The summed E-state index contributed by atoms with van der Waals surface area (Å²) < 4.78 is 71.1. The fourth-order valence-corrected chi connectivity index (χ4v) is 2.49. The average molecular weight is 433 g/mol. The average Bonchev–Trinajstić information content (AvgIpc) is 2.71. The van der Waals surface area contributed by atoms with E-state index in [-0.39, 0.29) is 22.9 Å². The maximum absolute atomic E-state index is 14.0. The summed E-state index contributed by atoms with van der Waals surface area (Å²) in [5.74, 6) is -2.18. The molecule has 3 aromatic carbocycles. The van der Waals surface area contributed by atoms with Crippen LogP contribution in [0.5, 0.6) is 11.5 Å². The third-order valence-corrected chi connectivity index (χ3v) is 3.91. The molecule has 0 spiro atoms. The standard InChI is InChI=1S/C21H12F5N3O2/c1-27-12-2-6-15(7-3-12)31-19-11-14(5-9-18(19)23)29-20(30)28-13-4-8-17(22)16(10-13)21(24,25)26/h2-11H,(H2,28,29,30). The Morgan fingerprint density at radius 3 is 2.03 bits per heavy atom. The minimum Gasteiger partial charge on any atom is -0.454 e. The largest absolute Gasteiger partial charge is 0.454 e. The van der Waals surface area contributed by atoms with Gasteiger partial charge in [-0.1, -0.05) is 12.1 Å². The normalized spacial score (nSPS) is 10.8. The molecule has 0 unspecified atom stereocenters. The number of amides is 2. The van der Waals surface area contributed by atoms with Crippen LogP contribution in [-0.2, 0) is 6.18 Å². The molecule has 2 amide bonds. The van der Waals surface area contributed by atoms with Gasteiger partial charge in [0, 0.05) is 17.4 Å². The summed E-state index contributed by atoms with van der Waals surface area (Å²) in [5, 5.41) is 4.47. The fraction of sp³-hybridized carbons (Fsp3) is 0.0476. The van der Waals surface area contributed by atoms with Crippen molar-refractivity contribution in [1.29, 1.82) is 0 Å². The molecule has 0 saturated carbocycles. The van der Waals surface area contributed by atoms with Crippen LogP contribution in [0.4, 0.5) is 43.8 Å². The highest BCUT2D eigenvalue weighted by Gasteiger charge is 2.34. The first-order chi connectivity index (χ1) is 14.7. The lowest BCUT2D eigenvalue weighted by Crippen LogP contribution is -2.20. The first-order valence-corrected chi connectivity index (χ1v) is 8.55. The summed E-state index contributed by atoms with van der Waals surface area (Å²) >= 11 is 0. The molecule has 0 heterocycles. The Morgan fingerprint density at radius 1 is 0.871 bits per heavy atom. The van der Waals surface area contributed by atoms with Crippen molar-refractivity contribution in [1.82, 2.24) is 0 Å². The van der Waals surface area contributed by atoms with E-state index in [2.05, 4.69) is 15.5 Å². The van der Waals surface area contributed by atoms with Gasteiger partial charge in [-0.05, 0) is 42.5 Å². The topological polar surface area (TPSA) is 54.7 Å². The lowest BCUT2D eigenvalue weighted by molar-refractivity contribution is -0.139. The van der Waals surface area contributed by atoms with Gasteiger partial charge in [-0.3, -0.25) is 0 Å². The minimum absolute atomic E-state index is 0.0878. The molecule has 31 heavy (non-hydrogen) atoms. The number of urea groups is 1. The maximum atomic E-state index is 14.0. The van der Waals surface area contributed by atoms with Crippen LogP contribution in [0.3, 0.4) is 0 Å². The number of anilines is 2. The molecule has 0 aliphatic carbocycles. The van der Waals surface area contributed by atoms with Gasteiger partial charge in [0.2, 0.25) is 0 Å². The van der Waals surface area contributed by atoms with Crippen molar-refractivity contribution in [3.05, 3.63) is 89.3 Å². The minimum atomic E-state index is -4.92. The van der Waals surface area contributed by atoms with Gasteiger partial charge in [-0.2, -0.15) is 13.2 Å². The van der Waals surface area contributed by atoms with Crippen molar-refractivity contribution in [3.63, 3.8) is 0 Å². The van der Waals surface area contributed by atoms with Gasteiger partial charge in [0.05, 0.1) is 12.1 Å². The molecule has 3 aromatic rings. The van der Waals surface area contributed by atoms with Gasteiger partial charge in [-0.15, -0.1) is 0 Å². The van der Waals surface area contributed by atoms with E-state index < -0.39 is 29.4 Å². The molecule has 0 aliphatic heterocycles. The Bertz CT molecular complexity index is 1160. The predicted molar refractivity (Wildman–Crippen MR) is 103 cm³/mol. The smallest absolute Gasteiger partial charge is 0.419 e. The first-order valence-electron chi connectivity index (χ1n) is 8.55. The van der Waals surface area contributed by atoms with E-state index in [1.807, 2.05) is 0 Å². The molecule has 0 saturated heterocycles. The molecule has 2 N–H and O–H groups in total. The second-order valence-electron chi connectivity index (χ2n) is 6.12. The molecule has 0 bridgehead atoms. The van der Waals surface area contributed by atoms with Gasteiger partial charge >= 0.3 is 12.2 Å². The van der Waals surface area contributed by atoms with Crippen molar-refractivity contribution in [2.45, 2.75) is 6.18 Å². The molecule has 158 valence electrons. The van der Waals surface area contributed by atoms with E-state index in [1.54, 1.807) is 0 Å². The van der Waals surface area contributed by atoms with Crippen LogP contribution in [0.1, 0.15) is 5.56 Å². The molecular weight excluding hydrogens is 421 g/mol. The van der Waals surface area contributed by atoms with E-state index in [9.17, 15) is 26.7 Å². The van der Waals surface area contributed by atoms with Crippen molar-refractivity contribution in [3.8, 4) is 11.5 Å². The second-order valence-corrected chi connectivity index (χ2v) is 6.12. The zero-order chi connectivity index (χ0) is 22.6. The molecule has 0 fully saturated rings. The maximum Gasteiger partial charge on any atom is 0.419 e. The van der Waals surface area contributed by atoms with Gasteiger partial charge in [0.1, 0.15) is 11.6 Å². The molecular formula is C21H12F5N3O2. The zero-order valence-corrected chi connectivity index (χ0v) is 15.4. The van der Waals surface area contributed by atoms with Crippen LogP contribution in [-0.4, -0.2) is 6.03 Å². The molecule has 0 aromatic heterocycles. The Kier molecular flexibility index (Phi) is 6.06. The van der Waals surface area contributed by atoms with Crippen molar-refractivity contribution < 1.29 is 31.5 Å². The summed E-state index contributed by atoms with van der Waals surface area (Å²) in [4.78, 5) is 15.3. The SMILES string of the molecule is [C-]#[N+]c1ccc(Oc2cc(NC(=O)Nc3ccc(F)c(C(F)(F)F)c3)ccc2F)cc1. The number of benzene rings is 3. The Labute approximate surface area is 172 Å². The van der Waals surface area contributed by atoms with E-state index >= 15 is 0 Å². The molecule has 0 aliphatic rings. The lowest BCUT2D eigenvalue weighted by Gasteiger charge is -2.13. The lowest BCUT2D eigenvalue weighted by atomic mass is 10.2. The number of ether oxygens (including phenoxy) is 1. The van der Waals surface area contributed by atoms with Crippen molar-refractivity contribution in [2.24, 2.45) is 0 Å². The number of carbonyl (C=O) groups is 1. The second kappa shape index (κ2) is 8.71. The number of hydrogen-bond donors (Lipinski definition) is 2. The molecule has 5 nitrogen and oxygen atoms in total. The van der Waals surface area contributed by atoms with Crippen LogP contribution in [0, 0.1) is 18.2 Å². The van der Waals surface area contributed by atoms with Gasteiger partial charge in [0.25, 0.3) is 0 Å². The van der Waals surface area contributed by atoms with Crippen LogP contribution in [0.25, 0.3) is 4.85 Å². The summed E-state index contributed by atoms with van der Waals surface area (Å²) in [5.41, 5.74) is -1.35. The summed E-state index contributed by atoms with van der Waals surface area (Å²) in [7, 11) is 0. The van der Waals surface area contributed by atoms with Crippen molar-refractivity contribution >= 4 is 23.1 Å². The van der Waals surface area contributed by atoms with Crippen LogP contribution < -0.4 is 15.4 Å². The molecule has 0 atom stereocenters. The summed E-state index contributed by atoms with van der Waals surface area (Å²) in [6, 6.07) is 10.4. The van der Waals surface area contributed by atoms with Gasteiger partial charge < -0.3 is 15.4 Å². The fourth-order valence-electron chi connectivity index (χ4n) is 2.49. The van der Waals surface area contributed by atoms with Crippen LogP contribution >= 0.6 is 0 Å². The summed E-state index contributed by atoms with van der Waals surface area (Å²) in [6.45, 7) is 6.90. The van der Waals surface area contributed by atoms with Gasteiger partial charge in [-0.25, -0.2) is 18.4 Å². The zero-order valence-electron chi connectivity index (χ0n) is 15.4. The molecule has 3 rings (SSSR count). The number of nitrogens with zero attached hydrogens (tertiary/aromatic N) is 1. The molecule has 10 heteroatoms. The van der Waals surface area contributed by atoms with E-state index in [1.165, 1.54) is 36.4 Å². The first kappa shape index (κ1) is 21.6. The van der Waals surface area contributed by atoms with E-state index in [0.29, 0.717) is 17.8 Å². The van der Waals surface area contributed by atoms with Crippen molar-refractivity contribution in [2.75, 3.05) is 10.6 Å². The number of nitrogens with one attached hydrogen (secondary N) is 2. The Hall–Kier alpha value is -4.13. The molecule has 0 radical (unpaired) electrons. The van der Waals surface area contributed by atoms with Crippen LogP contribution in [0.2, 0.25) is 0 Å². The van der Waals surface area contributed by atoms with E-state index in [0.717, 1.165) is 12.1 Å². The summed E-state index contributed by atoms with van der Waals surface area (Å²) in [6.07, 6.45) is -4.92. The predicted octanol–water partition coefficient (Wildman–Crippen LogP) is 6.97. The number of alkyl halides is 3. The Balaban J connectivity index is 1.72. The van der Waals surface area contributed by atoms with E-state index in [4.69, 9.17) is 11.3 Å². The highest BCUT2D eigenvalue weighted by Crippen LogP contribution is 2.33. The highest BCUT2D eigenvalue weighted by molar-refractivity contribution is 5.99. The third kappa shape index (κ3) is 5.48. The number of halogens is 5. The van der Waals surface area contributed by atoms with Gasteiger partial charge in [0.15, 0.2) is 17.3 Å². The number of hydrogen-bond acceptors (Lipinski definition) is 2.